The summed E-state index contributed by atoms with van der Waals surface area (Å²) in [5.74, 6) is 0. The van der Waals surface area contributed by atoms with E-state index in [1.807, 2.05) is 30.5 Å². The number of hydrogen-bond acceptors (Lipinski definition) is 1. The van der Waals surface area contributed by atoms with Gasteiger partial charge in [-0.1, -0.05) is 59.7 Å². The molecule has 0 saturated heterocycles. The van der Waals surface area contributed by atoms with Crippen molar-refractivity contribution in [3.63, 3.8) is 0 Å². The minimum absolute atomic E-state index is 0.571. The van der Waals surface area contributed by atoms with Crippen LogP contribution < -0.4 is 5.73 Å². The fourth-order valence-electron chi connectivity index (χ4n) is 4.36. The van der Waals surface area contributed by atoms with Crippen LogP contribution in [-0.2, 0) is 0 Å². The maximum Gasteiger partial charge on any atom is 0.168 e. The minimum atomic E-state index is -1.81. The molecule has 1 aromatic heterocycles. The van der Waals surface area contributed by atoms with Crippen LogP contribution in [-0.4, -0.2) is 12.5 Å². The van der Waals surface area contributed by atoms with Crippen molar-refractivity contribution in [3.05, 3.63) is 42.7 Å². The average molecular weight is 316 g/mol. The zero-order valence-corrected chi connectivity index (χ0v) is 15.7. The van der Waals surface area contributed by atoms with E-state index in [-0.39, 0.29) is 0 Å². The summed E-state index contributed by atoms with van der Waals surface area (Å²) in [5, 5.41) is 0. The van der Waals surface area contributed by atoms with Crippen LogP contribution in [0.15, 0.2) is 42.7 Å². The van der Waals surface area contributed by atoms with E-state index in [9.17, 15) is 0 Å². The first-order valence-electron chi connectivity index (χ1n) is 8.76. The van der Waals surface area contributed by atoms with Crippen LogP contribution in [0.3, 0.4) is 0 Å². The maximum absolute atomic E-state index is 8.47. The highest BCUT2D eigenvalue weighted by Crippen LogP contribution is 2.43. The van der Waals surface area contributed by atoms with Gasteiger partial charge in [-0.3, -0.25) is 0 Å². The molecule has 1 heterocycles. The molecule has 2 N–H and O–H groups in total. The Bertz CT molecular complexity index is 652. The number of aromatic nitrogens is 1. The first kappa shape index (κ1) is 15.4. The molecule has 0 aliphatic heterocycles. The van der Waals surface area contributed by atoms with Crippen molar-refractivity contribution in [3.8, 4) is 11.1 Å². The van der Waals surface area contributed by atoms with Gasteiger partial charge in [-0.25, -0.2) is 0 Å². The van der Waals surface area contributed by atoms with E-state index >= 15 is 0 Å². The Balaban J connectivity index is 2.65. The lowest BCUT2D eigenvalue weighted by molar-refractivity contribution is 0.766. The van der Waals surface area contributed by atoms with Gasteiger partial charge in [-0.15, -0.1) is 0 Å². The molecule has 3 heteroatoms. The fourth-order valence-corrected chi connectivity index (χ4v) is 10.8. The number of hydrogen-bond donors (Lipinski definition) is 1. The third kappa shape index (κ3) is 2.63. The molecule has 0 aliphatic rings. The molecule has 0 atom stereocenters. The van der Waals surface area contributed by atoms with Gasteiger partial charge in [0.2, 0.25) is 0 Å². The van der Waals surface area contributed by atoms with E-state index in [1.165, 1.54) is 0 Å². The number of anilines is 1. The van der Waals surface area contributed by atoms with Crippen LogP contribution in [0.4, 0.5) is 5.69 Å². The Hall–Kier alpha value is -1.48. The van der Waals surface area contributed by atoms with Crippen molar-refractivity contribution in [2.75, 3.05) is 5.73 Å². The Morgan fingerprint density at radius 1 is 1.00 bits per heavy atom. The van der Waals surface area contributed by atoms with Crippen LogP contribution in [0, 0.1) is 0 Å². The lowest BCUT2D eigenvalue weighted by Gasteiger charge is -2.44. The summed E-state index contributed by atoms with van der Waals surface area (Å²) in [6.45, 7) is 14.0. The van der Waals surface area contributed by atoms with Crippen LogP contribution in [0.2, 0.25) is 16.6 Å². The lowest BCUT2D eigenvalue weighted by atomic mass is 10.1. The van der Waals surface area contributed by atoms with E-state index in [0.29, 0.717) is 22.7 Å². The van der Waals surface area contributed by atoms with E-state index in [1.54, 1.807) is 0 Å². The summed E-state index contributed by atoms with van der Waals surface area (Å²) in [4.78, 5) is 0. The zero-order chi connectivity index (χ0) is 17.4. The SMILES string of the molecule is [2H]c1cn([Si](C(C)C)(C(C)C)C(C)C)cc1-c1ccccc1N. The molecule has 0 unspecified atom stereocenters. The second-order valence-electron chi connectivity index (χ2n) is 7.16. The highest BCUT2D eigenvalue weighted by Gasteiger charge is 2.44. The van der Waals surface area contributed by atoms with E-state index in [2.05, 4.69) is 52.0 Å². The molecule has 0 saturated carbocycles. The molecular weight excluding hydrogens is 284 g/mol. The first-order valence-corrected chi connectivity index (χ1v) is 10.4. The molecule has 120 valence electrons. The van der Waals surface area contributed by atoms with Crippen molar-refractivity contribution in [2.45, 2.75) is 58.2 Å². The van der Waals surface area contributed by atoms with Gasteiger partial charge < -0.3 is 9.97 Å². The van der Waals surface area contributed by atoms with Gasteiger partial charge in [0.1, 0.15) is 0 Å². The number of nitrogens with zero attached hydrogens (tertiary/aromatic N) is 1. The highest BCUT2D eigenvalue weighted by atomic mass is 28.3. The summed E-state index contributed by atoms with van der Waals surface area (Å²) in [7, 11) is -1.81. The van der Waals surface area contributed by atoms with E-state index in [4.69, 9.17) is 7.10 Å². The molecule has 1 aromatic carbocycles. The smallest absolute Gasteiger partial charge is 0.168 e. The second-order valence-corrected chi connectivity index (χ2v) is 12.9. The Labute approximate surface area is 137 Å². The van der Waals surface area contributed by atoms with E-state index in [0.717, 1.165) is 16.8 Å². The average Bonchev–Trinajstić information content (AvgIpc) is 2.80. The third-order valence-corrected chi connectivity index (χ3v) is 11.8. The van der Waals surface area contributed by atoms with Gasteiger partial charge in [-0.2, -0.15) is 0 Å². The molecule has 2 rings (SSSR count). The minimum Gasteiger partial charge on any atom is -0.398 e. The van der Waals surface area contributed by atoms with Gasteiger partial charge in [0, 0.05) is 23.0 Å². The van der Waals surface area contributed by atoms with Gasteiger partial charge in [0.25, 0.3) is 0 Å². The Morgan fingerprint density at radius 2 is 1.55 bits per heavy atom. The molecule has 0 aliphatic carbocycles. The maximum atomic E-state index is 8.47. The molecule has 0 spiro atoms. The normalized spacial score (nSPS) is 13.2. The second kappa shape index (κ2) is 6.33. The van der Waals surface area contributed by atoms with Crippen molar-refractivity contribution >= 4 is 13.9 Å². The molecule has 0 amide bonds. The van der Waals surface area contributed by atoms with Crippen LogP contribution in [0.5, 0.6) is 0 Å². The van der Waals surface area contributed by atoms with Crippen molar-refractivity contribution in [1.29, 1.82) is 0 Å². The monoisotopic (exact) mass is 315 g/mol. The molecule has 0 fully saturated rings. The Kier molecular flexibility index (Phi) is 4.43. The van der Waals surface area contributed by atoms with Crippen molar-refractivity contribution in [1.82, 2.24) is 4.23 Å². The predicted octanol–water partition coefficient (Wildman–Crippen LogP) is 5.76. The number of nitrogens with two attached hydrogens (primary N) is 1. The molecule has 0 radical (unpaired) electrons. The fraction of sp³-hybridized carbons (Fsp3) is 0.474. The molecule has 2 nitrogen and oxygen atoms in total. The summed E-state index contributed by atoms with van der Waals surface area (Å²) < 4.78 is 10.9. The topological polar surface area (TPSA) is 30.9 Å². The number of rotatable bonds is 5. The Morgan fingerprint density at radius 3 is 2.05 bits per heavy atom. The van der Waals surface area contributed by atoms with Crippen molar-refractivity contribution in [2.24, 2.45) is 0 Å². The first-order chi connectivity index (χ1) is 10.7. The molecular formula is C19H30N2Si. The van der Waals surface area contributed by atoms with Crippen molar-refractivity contribution < 1.29 is 1.37 Å². The van der Waals surface area contributed by atoms with Gasteiger partial charge in [-0.05, 0) is 34.9 Å². The summed E-state index contributed by atoms with van der Waals surface area (Å²) >= 11 is 0. The standard InChI is InChI=1S/C19H30N2Si/c1-14(2)22(15(3)4,16(5)6)21-12-11-17(13-21)18-9-7-8-10-19(18)20/h7-16H,20H2,1-6H3/i11D. The molecule has 0 bridgehead atoms. The number of benzene rings is 1. The van der Waals surface area contributed by atoms with Crippen LogP contribution in [0.1, 0.15) is 42.9 Å². The quantitative estimate of drug-likeness (QED) is 0.552. The third-order valence-electron chi connectivity index (χ3n) is 5.10. The summed E-state index contributed by atoms with van der Waals surface area (Å²) in [5.41, 5.74) is 10.6. The molecule has 22 heavy (non-hydrogen) atoms. The van der Waals surface area contributed by atoms with Gasteiger partial charge in [0.05, 0.1) is 1.37 Å². The van der Waals surface area contributed by atoms with Crippen LogP contribution >= 0.6 is 0 Å². The molecule has 2 aromatic rings. The lowest BCUT2D eigenvalue weighted by Crippen LogP contribution is -2.51. The van der Waals surface area contributed by atoms with Gasteiger partial charge in [0.15, 0.2) is 8.24 Å². The largest absolute Gasteiger partial charge is 0.398 e. The summed E-state index contributed by atoms with van der Waals surface area (Å²) in [6.07, 6.45) is 4.22. The van der Waals surface area contributed by atoms with Gasteiger partial charge >= 0.3 is 0 Å². The van der Waals surface area contributed by atoms with Crippen LogP contribution in [0.25, 0.3) is 11.1 Å². The summed E-state index contributed by atoms with van der Waals surface area (Å²) in [6, 6.07) is 8.41. The zero-order valence-electron chi connectivity index (χ0n) is 15.7. The van der Waals surface area contributed by atoms with E-state index < -0.39 is 8.24 Å². The highest BCUT2D eigenvalue weighted by molar-refractivity contribution is 6.82. The number of para-hydroxylation sites is 1. The predicted molar refractivity (Wildman–Crippen MR) is 101 cm³/mol. The number of nitrogen functional groups attached to an aromatic ring is 1.